The summed E-state index contributed by atoms with van der Waals surface area (Å²) in [6.45, 7) is 1.14. The standard InChI is InChI=1S/C24H22N4O6S/c29-23-6-2-5-22-18-11-16(14-27(22)23)13-26(15-18)35(33,34)21-9-7-19(8-10-21)25-24(30)17-3-1-4-20(12-17)28(31)32/h1-10,12,16,18H,11,13-15H2,(H,25,30). The van der Waals surface area contributed by atoms with Gasteiger partial charge in [0.05, 0.1) is 9.82 Å². The highest BCUT2D eigenvalue weighted by molar-refractivity contribution is 7.89. The molecule has 2 aliphatic heterocycles. The van der Waals surface area contributed by atoms with Crippen molar-refractivity contribution >= 4 is 27.3 Å². The summed E-state index contributed by atoms with van der Waals surface area (Å²) in [7, 11) is -3.77. The average Bonchev–Trinajstić information content (AvgIpc) is 2.85. The maximum Gasteiger partial charge on any atom is 0.270 e. The molecule has 0 aliphatic carbocycles. The molecule has 2 aliphatic rings. The van der Waals surface area contributed by atoms with Crippen molar-refractivity contribution in [1.29, 1.82) is 0 Å². The zero-order valence-corrected chi connectivity index (χ0v) is 19.3. The zero-order chi connectivity index (χ0) is 24.7. The third kappa shape index (κ3) is 4.35. The van der Waals surface area contributed by atoms with Crippen molar-refractivity contribution in [3.63, 3.8) is 0 Å². The smallest absolute Gasteiger partial charge is 0.270 e. The summed E-state index contributed by atoms with van der Waals surface area (Å²) < 4.78 is 29.9. The number of nitro groups is 1. The van der Waals surface area contributed by atoms with E-state index in [1.54, 1.807) is 10.6 Å². The molecule has 11 heteroatoms. The van der Waals surface area contributed by atoms with E-state index in [0.29, 0.717) is 25.3 Å². The van der Waals surface area contributed by atoms with Gasteiger partial charge in [-0.25, -0.2) is 8.42 Å². The van der Waals surface area contributed by atoms with Gasteiger partial charge >= 0.3 is 0 Å². The van der Waals surface area contributed by atoms with Gasteiger partial charge in [0.1, 0.15) is 0 Å². The molecule has 10 nitrogen and oxygen atoms in total. The van der Waals surface area contributed by atoms with Gasteiger partial charge in [-0.05, 0) is 48.7 Å². The number of amides is 1. The van der Waals surface area contributed by atoms with E-state index in [9.17, 15) is 28.1 Å². The van der Waals surface area contributed by atoms with Crippen molar-refractivity contribution in [1.82, 2.24) is 8.87 Å². The molecule has 2 bridgehead atoms. The lowest BCUT2D eigenvalue weighted by molar-refractivity contribution is -0.384. The highest BCUT2D eigenvalue weighted by atomic mass is 32.2. The first-order valence-electron chi connectivity index (χ1n) is 11.1. The molecule has 2 atom stereocenters. The van der Waals surface area contributed by atoms with E-state index in [1.807, 2.05) is 6.07 Å². The van der Waals surface area contributed by atoms with Crippen LogP contribution in [0.15, 0.2) is 76.4 Å². The number of aromatic nitrogens is 1. The molecular formula is C24H22N4O6S. The molecule has 1 fully saturated rings. The predicted octanol–water partition coefficient (Wildman–Crippen LogP) is 2.82. The number of sulfonamides is 1. The molecule has 1 aromatic heterocycles. The number of carbonyl (C=O) groups is 1. The second kappa shape index (κ2) is 8.75. The molecule has 0 saturated carbocycles. The van der Waals surface area contributed by atoms with Crippen LogP contribution in [0.3, 0.4) is 0 Å². The third-order valence-corrected chi connectivity index (χ3v) is 8.36. The third-order valence-electron chi connectivity index (χ3n) is 6.52. The van der Waals surface area contributed by atoms with Crippen LogP contribution in [0.2, 0.25) is 0 Å². The fourth-order valence-electron chi connectivity index (χ4n) is 4.87. The average molecular weight is 495 g/mol. The lowest BCUT2D eigenvalue weighted by atomic mass is 9.84. The summed E-state index contributed by atoms with van der Waals surface area (Å²) >= 11 is 0. The van der Waals surface area contributed by atoms with Crippen molar-refractivity contribution in [3.05, 3.63) is 98.5 Å². The topological polar surface area (TPSA) is 132 Å². The van der Waals surface area contributed by atoms with Gasteiger partial charge in [-0.1, -0.05) is 12.1 Å². The van der Waals surface area contributed by atoms with E-state index in [1.165, 1.54) is 58.9 Å². The minimum atomic E-state index is -3.77. The summed E-state index contributed by atoms with van der Waals surface area (Å²) in [5, 5.41) is 13.6. The van der Waals surface area contributed by atoms with Crippen LogP contribution in [0.4, 0.5) is 11.4 Å². The van der Waals surface area contributed by atoms with E-state index in [-0.39, 0.29) is 33.5 Å². The van der Waals surface area contributed by atoms with Crippen molar-refractivity contribution in [2.24, 2.45) is 5.92 Å². The molecule has 3 heterocycles. The Morgan fingerprint density at radius 1 is 1.00 bits per heavy atom. The fraction of sp³-hybridized carbons (Fsp3) is 0.250. The largest absolute Gasteiger partial charge is 0.322 e. The molecule has 1 N–H and O–H groups in total. The molecule has 0 spiro atoms. The van der Waals surface area contributed by atoms with Gasteiger partial charge in [0.25, 0.3) is 17.2 Å². The molecule has 1 saturated heterocycles. The number of anilines is 1. The molecular weight excluding hydrogens is 472 g/mol. The monoisotopic (exact) mass is 494 g/mol. The van der Waals surface area contributed by atoms with Crippen LogP contribution in [0.25, 0.3) is 0 Å². The Balaban J connectivity index is 1.32. The van der Waals surface area contributed by atoms with Crippen LogP contribution in [0, 0.1) is 16.0 Å². The fourth-order valence-corrected chi connectivity index (χ4v) is 6.43. The molecule has 1 amide bonds. The van der Waals surface area contributed by atoms with Crippen molar-refractivity contribution in [2.45, 2.75) is 23.8 Å². The van der Waals surface area contributed by atoms with Crippen LogP contribution in [0.5, 0.6) is 0 Å². The van der Waals surface area contributed by atoms with Gasteiger partial charge in [-0.3, -0.25) is 19.7 Å². The molecule has 2 unspecified atom stereocenters. The number of carbonyl (C=O) groups excluding carboxylic acids is 1. The molecule has 180 valence electrons. The Hall–Kier alpha value is -3.83. The maximum absolute atomic E-state index is 13.4. The summed E-state index contributed by atoms with van der Waals surface area (Å²) in [6, 6.07) is 16.3. The molecule has 2 aromatic carbocycles. The van der Waals surface area contributed by atoms with Crippen molar-refractivity contribution < 1.29 is 18.1 Å². The Labute approximate surface area is 201 Å². The second-order valence-electron chi connectivity index (χ2n) is 8.81. The lowest BCUT2D eigenvalue weighted by Gasteiger charge is -2.42. The van der Waals surface area contributed by atoms with Crippen LogP contribution in [-0.4, -0.2) is 41.2 Å². The highest BCUT2D eigenvalue weighted by Gasteiger charge is 2.39. The Morgan fingerprint density at radius 2 is 1.74 bits per heavy atom. The van der Waals surface area contributed by atoms with Gasteiger partial charge in [0, 0.05) is 60.7 Å². The minimum Gasteiger partial charge on any atom is -0.322 e. The quantitative estimate of drug-likeness (QED) is 0.429. The normalized spacial score (nSPS) is 19.5. The Kier molecular flexibility index (Phi) is 5.73. The van der Waals surface area contributed by atoms with Crippen molar-refractivity contribution in [3.8, 4) is 0 Å². The number of nitrogens with one attached hydrogen (secondary N) is 1. The number of non-ortho nitro benzene ring substituents is 1. The van der Waals surface area contributed by atoms with Gasteiger partial charge < -0.3 is 9.88 Å². The number of rotatable bonds is 5. The first-order valence-corrected chi connectivity index (χ1v) is 12.5. The summed E-state index contributed by atoms with van der Waals surface area (Å²) in [5.41, 5.74) is 1.10. The van der Waals surface area contributed by atoms with Gasteiger partial charge in [0.15, 0.2) is 0 Å². The number of hydrogen-bond acceptors (Lipinski definition) is 6. The van der Waals surface area contributed by atoms with Crippen LogP contribution in [-0.2, 0) is 16.6 Å². The van der Waals surface area contributed by atoms with E-state index in [2.05, 4.69) is 5.32 Å². The predicted molar refractivity (Wildman–Crippen MR) is 128 cm³/mol. The van der Waals surface area contributed by atoms with Gasteiger partial charge in [-0.15, -0.1) is 0 Å². The lowest BCUT2D eigenvalue weighted by Crippen LogP contribution is -2.48. The SMILES string of the molecule is O=C(Nc1ccc(S(=O)(=O)N2CC3CC(C2)c2cccc(=O)n2C3)cc1)c1cccc([N+](=O)[O-])c1. The molecule has 3 aromatic rings. The first kappa shape index (κ1) is 22.9. The minimum absolute atomic E-state index is 0.0420. The molecule has 5 rings (SSSR count). The van der Waals surface area contributed by atoms with Crippen molar-refractivity contribution in [2.75, 3.05) is 18.4 Å². The number of nitrogens with zero attached hydrogens (tertiary/aromatic N) is 3. The van der Waals surface area contributed by atoms with E-state index in [4.69, 9.17) is 0 Å². The van der Waals surface area contributed by atoms with Crippen LogP contribution >= 0.6 is 0 Å². The number of piperidine rings is 1. The number of hydrogen-bond donors (Lipinski definition) is 1. The van der Waals surface area contributed by atoms with Gasteiger partial charge in [-0.2, -0.15) is 4.31 Å². The highest BCUT2D eigenvalue weighted by Crippen LogP contribution is 2.37. The summed E-state index contributed by atoms with van der Waals surface area (Å²) in [5.74, 6) is -0.522. The summed E-state index contributed by atoms with van der Waals surface area (Å²) in [4.78, 5) is 35.1. The number of fused-ring (bicyclic) bond motifs is 4. The maximum atomic E-state index is 13.4. The summed E-state index contributed by atoms with van der Waals surface area (Å²) in [6.07, 6.45) is 0.845. The van der Waals surface area contributed by atoms with Crippen LogP contribution < -0.4 is 10.9 Å². The Morgan fingerprint density at radius 3 is 2.49 bits per heavy atom. The molecule has 35 heavy (non-hydrogen) atoms. The second-order valence-corrected chi connectivity index (χ2v) is 10.7. The van der Waals surface area contributed by atoms with Gasteiger partial charge in [0.2, 0.25) is 10.0 Å². The number of pyridine rings is 1. The Bertz CT molecular complexity index is 1480. The van der Waals surface area contributed by atoms with E-state index >= 15 is 0 Å². The van der Waals surface area contributed by atoms with E-state index < -0.39 is 20.9 Å². The van der Waals surface area contributed by atoms with Crippen LogP contribution in [0.1, 0.15) is 28.4 Å². The zero-order valence-electron chi connectivity index (χ0n) is 18.5. The first-order chi connectivity index (χ1) is 16.7. The number of nitro benzene ring substituents is 1. The molecule has 0 radical (unpaired) electrons. The van der Waals surface area contributed by atoms with E-state index in [0.717, 1.165) is 12.1 Å². The number of benzene rings is 2.